The number of thioether (sulfide) groups is 1. The van der Waals surface area contributed by atoms with Crippen LogP contribution in [0.15, 0.2) is 96.2 Å². The number of nitrogens with zero attached hydrogens (tertiary/aromatic N) is 3. The predicted molar refractivity (Wildman–Crippen MR) is 128 cm³/mol. The molecule has 0 atom stereocenters. The second-order valence-electron chi connectivity index (χ2n) is 7.03. The first-order valence-corrected chi connectivity index (χ1v) is 11.3. The lowest BCUT2D eigenvalue weighted by molar-refractivity contribution is -0.117. The summed E-state index contributed by atoms with van der Waals surface area (Å²) in [6.07, 6.45) is 0. The SMILES string of the molecule is O=C(CSc1nnc(-c2ccccc2)c(-c2ccccc2)n1)NC(=O)NCc1ccccc1. The number of nitrogens with one attached hydrogen (secondary N) is 2. The number of amides is 3. The van der Waals surface area contributed by atoms with Gasteiger partial charge in [-0.1, -0.05) is 103 Å². The highest BCUT2D eigenvalue weighted by molar-refractivity contribution is 7.99. The second-order valence-corrected chi connectivity index (χ2v) is 7.97. The lowest BCUT2D eigenvalue weighted by atomic mass is 10.0. The summed E-state index contributed by atoms with van der Waals surface area (Å²) in [4.78, 5) is 28.9. The molecule has 3 aromatic carbocycles. The summed E-state index contributed by atoms with van der Waals surface area (Å²) in [5, 5.41) is 13.9. The Bertz CT molecular complexity index is 1220. The van der Waals surface area contributed by atoms with Crippen LogP contribution in [0.4, 0.5) is 4.79 Å². The Balaban J connectivity index is 1.41. The molecule has 164 valence electrons. The Morgan fingerprint density at radius 2 is 1.30 bits per heavy atom. The molecule has 0 unspecified atom stereocenters. The third-order valence-corrected chi connectivity index (χ3v) is 5.48. The van der Waals surface area contributed by atoms with Crippen molar-refractivity contribution in [3.63, 3.8) is 0 Å². The minimum Gasteiger partial charge on any atom is -0.334 e. The topological polar surface area (TPSA) is 96.9 Å². The van der Waals surface area contributed by atoms with Crippen molar-refractivity contribution >= 4 is 23.7 Å². The molecule has 0 saturated carbocycles. The van der Waals surface area contributed by atoms with Crippen LogP contribution >= 0.6 is 11.8 Å². The Morgan fingerprint density at radius 3 is 1.94 bits per heavy atom. The zero-order valence-corrected chi connectivity index (χ0v) is 18.5. The lowest BCUT2D eigenvalue weighted by Gasteiger charge is -2.09. The van der Waals surface area contributed by atoms with Crippen molar-refractivity contribution < 1.29 is 9.59 Å². The van der Waals surface area contributed by atoms with Crippen LogP contribution in [0.1, 0.15) is 5.56 Å². The van der Waals surface area contributed by atoms with Crippen LogP contribution in [0.5, 0.6) is 0 Å². The van der Waals surface area contributed by atoms with E-state index >= 15 is 0 Å². The fourth-order valence-electron chi connectivity index (χ4n) is 3.08. The van der Waals surface area contributed by atoms with Crippen LogP contribution in [0.2, 0.25) is 0 Å². The smallest absolute Gasteiger partial charge is 0.321 e. The molecule has 0 radical (unpaired) electrons. The van der Waals surface area contributed by atoms with E-state index < -0.39 is 11.9 Å². The van der Waals surface area contributed by atoms with Crippen LogP contribution in [-0.2, 0) is 11.3 Å². The average Bonchev–Trinajstić information content (AvgIpc) is 2.88. The number of carbonyl (C=O) groups is 2. The Kier molecular flexibility index (Phi) is 7.40. The third-order valence-electron chi connectivity index (χ3n) is 4.64. The number of rotatable bonds is 7. The van der Waals surface area contributed by atoms with E-state index in [4.69, 9.17) is 0 Å². The molecule has 0 fully saturated rings. The number of aromatic nitrogens is 3. The fourth-order valence-corrected chi connectivity index (χ4v) is 3.66. The maximum Gasteiger partial charge on any atom is 0.321 e. The van der Waals surface area contributed by atoms with E-state index in [9.17, 15) is 9.59 Å². The van der Waals surface area contributed by atoms with E-state index in [1.807, 2.05) is 91.0 Å². The summed E-state index contributed by atoms with van der Waals surface area (Å²) in [6.45, 7) is 0.335. The second kappa shape index (κ2) is 11.0. The van der Waals surface area contributed by atoms with Crippen molar-refractivity contribution in [2.45, 2.75) is 11.7 Å². The van der Waals surface area contributed by atoms with E-state index in [-0.39, 0.29) is 5.75 Å². The molecule has 3 amide bonds. The van der Waals surface area contributed by atoms with Gasteiger partial charge in [-0.15, -0.1) is 10.2 Å². The predicted octanol–water partition coefficient (Wildman–Crippen LogP) is 4.32. The van der Waals surface area contributed by atoms with Crippen molar-refractivity contribution in [3.8, 4) is 22.5 Å². The Morgan fingerprint density at radius 1 is 0.727 bits per heavy atom. The zero-order chi connectivity index (χ0) is 22.9. The molecular weight excluding hydrogens is 434 g/mol. The van der Waals surface area contributed by atoms with Gasteiger partial charge in [-0.3, -0.25) is 10.1 Å². The molecule has 4 aromatic rings. The van der Waals surface area contributed by atoms with E-state index in [2.05, 4.69) is 25.8 Å². The summed E-state index contributed by atoms with van der Waals surface area (Å²) in [6, 6.07) is 28.3. The van der Waals surface area contributed by atoms with E-state index in [1.165, 1.54) is 0 Å². The van der Waals surface area contributed by atoms with Gasteiger partial charge in [-0.05, 0) is 5.56 Å². The maximum absolute atomic E-state index is 12.2. The maximum atomic E-state index is 12.2. The first kappa shape index (κ1) is 22.2. The molecule has 7 nitrogen and oxygen atoms in total. The third kappa shape index (κ3) is 6.24. The fraction of sp³-hybridized carbons (Fsp3) is 0.0800. The summed E-state index contributed by atoms with van der Waals surface area (Å²) < 4.78 is 0. The van der Waals surface area contributed by atoms with Gasteiger partial charge in [0.2, 0.25) is 11.1 Å². The standard InChI is InChI=1S/C25H21N5O2S/c31-21(27-24(32)26-16-18-10-4-1-5-11-18)17-33-25-28-22(19-12-6-2-7-13-19)23(29-30-25)20-14-8-3-9-15-20/h1-15H,16-17H2,(H2,26,27,31,32). The first-order chi connectivity index (χ1) is 16.2. The zero-order valence-electron chi connectivity index (χ0n) is 17.6. The molecule has 0 aliphatic heterocycles. The van der Waals surface area contributed by atoms with E-state index in [0.29, 0.717) is 23.1 Å². The van der Waals surface area contributed by atoms with Crippen LogP contribution < -0.4 is 10.6 Å². The van der Waals surface area contributed by atoms with Gasteiger partial charge in [0.1, 0.15) is 11.4 Å². The summed E-state index contributed by atoms with van der Waals surface area (Å²) in [5.74, 6) is -0.457. The highest BCUT2D eigenvalue weighted by atomic mass is 32.2. The number of carbonyl (C=O) groups excluding carboxylic acids is 2. The van der Waals surface area contributed by atoms with Gasteiger partial charge in [-0.2, -0.15) is 0 Å². The van der Waals surface area contributed by atoms with Gasteiger partial charge in [0.25, 0.3) is 0 Å². The van der Waals surface area contributed by atoms with Gasteiger partial charge >= 0.3 is 6.03 Å². The van der Waals surface area contributed by atoms with Gasteiger partial charge < -0.3 is 5.32 Å². The number of urea groups is 1. The molecule has 8 heteroatoms. The number of hydrogen-bond donors (Lipinski definition) is 2. The van der Waals surface area contributed by atoms with Crippen LogP contribution in [-0.4, -0.2) is 32.9 Å². The Labute approximate surface area is 195 Å². The molecule has 0 saturated heterocycles. The minimum atomic E-state index is -0.548. The molecule has 1 heterocycles. The molecule has 0 aliphatic rings. The lowest BCUT2D eigenvalue weighted by Crippen LogP contribution is -2.39. The van der Waals surface area contributed by atoms with E-state index in [0.717, 1.165) is 28.5 Å². The van der Waals surface area contributed by atoms with E-state index in [1.54, 1.807) is 0 Å². The molecule has 33 heavy (non-hydrogen) atoms. The van der Waals surface area contributed by atoms with Gasteiger partial charge in [0.15, 0.2) is 0 Å². The largest absolute Gasteiger partial charge is 0.334 e. The van der Waals surface area contributed by atoms with Crippen molar-refractivity contribution in [2.75, 3.05) is 5.75 Å². The van der Waals surface area contributed by atoms with Crippen molar-refractivity contribution in [3.05, 3.63) is 96.6 Å². The Hall–Kier alpha value is -4.04. The van der Waals surface area contributed by atoms with Crippen LogP contribution in [0.3, 0.4) is 0 Å². The van der Waals surface area contributed by atoms with Gasteiger partial charge in [0.05, 0.1) is 5.75 Å². The highest BCUT2D eigenvalue weighted by Gasteiger charge is 2.15. The van der Waals surface area contributed by atoms with Crippen molar-refractivity contribution in [1.29, 1.82) is 0 Å². The van der Waals surface area contributed by atoms with Gasteiger partial charge in [0, 0.05) is 17.7 Å². The monoisotopic (exact) mass is 455 g/mol. The van der Waals surface area contributed by atoms with Crippen LogP contribution in [0.25, 0.3) is 22.5 Å². The average molecular weight is 456 g/mol. The molecule has 1 aromatic heterocycles. The quantitative estimate of drug-likeness (QED) is 0.403. The summed E-state index contributed by atoms with van der Waals surface area (Å²) in [7, 11) is 0. The molecule has 2 N–H and O–H groups in total. The van der Waals surface area contributed by atoms with Crippen LogP contribution in [0, 0.1) is 0 Å². The minimum absolute atomic E-state index is 0.0145. The number of hydrogen-bond acceptors (Lipinski definition) is 6. The molecular formula is C25H21N5O2S. The van der Waals surface area contributed by atoms with Crippen molar-refractivity contribution in [1.82, 2.24) is 25.8 Å². The summed E-state index contributed by atoms with van der Waals surface area (Å²) in [5.41, 5.74) is 4.09. The number of imide groups is 1. The molecule has 0 bridgehead atoms. The van der Waals surface area contributed by atoms with Crippen molar-refractivity contribution in [2.24, 2.45) is 0 Å². The normalized spacial score (nSPS) is 10.4. The number of benzene rings is 3. The van der Waals surface area contributed by atoms with Gasteiger partial charge in [-0.25, -0.2) is 9.78 Å². The molecule has 0 aliphatic carbocycles. The molecule has 4 rings (SSSR count). The summed E-state index contributed by atoms with van der Waals surface area (Å²) >= 11 is 1.12. The molecule has 0 spiro atoms. The first-order valence-electron chi connectivity index (χ1n) is 10.3. The highest BCUT2D eigenvalue weighted by Crippen LogP contribution is 2.29.